The fourth-order valence-electron chi connectivity index (χ4n) is 2.14. The Bertz CT molecular complexity index is 301. The molecular weight excluding hydrogens is 200 g/mol. The van der Waals surface area contributed by atoms with E-state index < -0.39 is 0 Å². The number of likely N-dealkylation sites (tertiary alicyclic amines) is 1. The van der Waals surface area contributed by atoms with E-state index in [0.717, 1.165) is 31.9 Å². The molecule has 4 nitrogen and oxygen atoms in total. The van der Waals surface area contributed by atoms with Crippen LogP contribution in [0.2, 0.25) is 0 Å². The van der Waals surface area contributed by atoms with Crippen LogP contribution < -0.4 is 5.32 Å². The molecule has 1 saturated heterocycles. The lowest BCUT2D eigenvalue weighted by Gasteiger charge is -2.15. The lowest BCUT2D eigenvalue weighted by Crippen LogP contribution is -2.32. The van der Waals surface area contributed by atoms with E-state index in [1.54, 1.807) is 6.20 Å². The van der Waals surface area contributed by atoms with E-state index in [1.165, 1.54) is 12.8 Å². The molecule has 0 amide bonds. The number of nitrogens with zero attached hydrogens (tertiary/aromatic N) is 3. The Balaban J connectivity index is 1.76. The summed E-state index contributed by atoms with van der Waals surface area (Å²) in [6, 6.07) is 4.65. The molecule has 16 heavy (non-hydrogen) atoms. The average molecular weight is 220 g/mol. The lowest BCUT2D eigenvalue weighted by atomic mass is 10.2. The number of hydrogen-bond donors (Lipinski definition) is 1. The Labute approximate surface area is 97.1 Å². The van der Waals surface area contributed by atoms with Crippen LogP contribution in [-0.2, 0) is 6.54 Å². The second kappa shape index (κ2) is 5.92. The van der Waals surface area contributed by atoms with E-state index in [9.17, 15) is 0 Å². The lowest BCUT2D eigenvalue weighted by molar-refractivity contribution is 0.315. The second-order valence-corrected chi connectivity index (χ2v) is 4.39. The fourth-order valence-corrected chi connectivity index (χ4v) is 2.14. The van der Waals surface area contributed by atoms with E-state index in [4.69, 9.17) is 0 Å². The maximum Gasteiger partial charge on any atom is 0.0771 e. The van der Waals surface area contributed by atoms with Gasteiger partial charge in [-0.25, -0.2) is 0 Å². The molecular formula is C12H20N4. The predicted molar refractivity (Wildman–Crippen MR) is 64.0 cm³/mol. The third kappa shape index (κ3) is 3.25. The smallest absolute Gasteiger partial charge is 0.0771 e. The molecule has 88 valence electrons. The van der Waals surface area contributed by atoms with E-state index in [1.807, 2.05) is 12.1 Å². The van der Waals surface area contributed by atoms with Crippen LogP contribution in [0.3, 0.4) is 0 Å². The zero-order valence-electron chi connectivity index (χ0n) is 9.89. The molecule has 0 aromatic carbocycles. The minimum absolute atomic E-state index is 0.664. The third-order valence-corrected chi connectivity index (χ3v) is 2.97. The van der Waals surface area contributed by atoms with Crippen molar-refractivity contribution in [2.75, 3.05) is 19.6 Å². The Morgan fingerprint density at radius 2 is 2.50 bits per heavy atom. The van der Waals surface area contributed by atoms with Crippen LogP contribution in [0.25, 0.3) is 0 Å². The summed E-state index contributed by atoms with van der Waals surface area (Å²) >= 11 is 0. The molecule has 0 radical (unpaired) electrons. The standard InChI is InChI=1S/C12H20N4/c1-2-6-13-11-5-8-16(9-11)10-12-4-3-7-14-15-12/h3-4,7,11,13H,2,5-6,8-10H2,1H3. The summed E-state index contributed by atoms with van der Waals surface area (Å²) in [6.07, 6.45) is 4.18. The van der Waals surface area contributed by atoms with Crippen molar-refractivity contribution < 1.29 is 0 Å². The van der Waals surface area contributed by atoms with E-state index >= 15 is 0 Å². The first-order valence-corrected chi connectivity index (χ1v) is 6.11. The van der Waals surface area contributed by atoms with Gasteiger partial charge in [0.25, 0.3) is 0 Å². The highest BCUT2D eigenvalue weighted by molar-refractivity contribution is 4.99. The van der Waals surface area contributed by atoms with Gasteiger partial charge in [0.2, 0.25) is 0 Å². The van der Waals surface area contributed by atoms with Gasteiger partial charge in [-0.15, -0.1) is 0 Å². The van der Waals surface area contributed by atoms with Crippen LogP contribution in [0, 0.1) is 0 Å². The first-order chi connectivity index (χ1) is 7.88. The summed E-state index contributed by atoms with van der Waals surface area (Å²) < 4.78 is 0. The zero-order valence-corrected chi connectivity index (χ0v) is 9.89. The normalized spacial score (nSPS) is 21.4. The van der Waals surface area contributed by atoms with E-state index in [2.05, 4.69) is 27.3 Å². The van der Waals surface area contributed by atoms with Crippen LogP contribution in [0.5, 0.6) is 0 Å². The molecule has 1 aromatic heterocycles. The predicted octanol–water partition coefficient (Wildman–Crippen LogP) is 1.05. The summed E-state index contributed by atoms with van der Waals surface area (Å²) in [5, 5.41) is 11.6. The molecule has 0 aliphatic carbocycles. The largest absolute Gasteiger partial charge is 0.313 e. The zero-order chi connectivity index (χ0) is 11.2. The van der Waals surface area contributed by atoms with Gasteiger partial charge in [-0.1, -0.05) is 6.92 Å². The molecule has 1 aliphatic rings. The summed E-state index contributed by atoms with van der Waals surface area (Å²) in [6.45, 7) is 6.57. The maximum atomic E-state index is 4.12. The van der Waals surface area contributed by atoms with Gasteiger partial charge >= 0.3 is 0 Å². The molecule has 4 heteroatoms. The fraction of sp³-hybridized carbons (Fsp3) is 0.667. The van der Waals surface area contributed by atoms with E-state index in [-0.39, 0.29) is 0 Å². The van der Waals surface area contributed by atoms with Crippen molar-refractivity contribution in [1.82, 2.24) is 20.4 Å². The number of aromatic nitrogens is 2. The molecule has 1 atom stereocenters. The van der Waals surface area contributed by atoms with Gasteiger partial charge in [-0.05, 0) is 31.5 Å². The number of hydrogen-bond acceptors (Lipinski definition) is 4. The monoisotopic (exact) mass is 220 g/mol. The molecule has 2 heterocycles. The quantitative estimate of drug-likeness (QED) is 0.805. The first-order valence-electron chi connectivity index (χ1n) is 6.11. The van der Waals surface area contributed by atoms with Gasteiger partial charge in [0.15, 0.2) is 0 Å². The van der Waals surface area contributed by atoms with Crippen molar-refractivity contribution in [2.24, 2.45) is 0 Å². The van der Waals surface area contributed by atoms with Crippen molar-refractivity contribution >= 4 is 0 Å². The summed E-state index contributed by atoms with van der Waals surface area (Å²) in [4.78, 5) is 2.44. The number of rotatable bonds is 5. The van der Waals surface area contributed by atoms with Gasteiger partial charge in [-0.2, -0.15) is 10.2 Å². The molecule has 1 aliphatic heterocycles. The Kier molecular flexibility index (Phi) is 4.25. The summed E-state index contributed by atoms with van der Waals surface area (Å²) in [7, 11) is 0. The molecule has 0 spiro atoms. The molecule has 1 N–H and O–H groups in total. The van der Waals surface area contributed by atoms with Gasteiger partial charge in [0.1, 0.15) is 0 Å². The average Bonchev–Trinajstić information content (AvgIpc) is 2.75. The summed E-state index contributed by atoms with van der Waals surface area (Å²) in [5.41, 5.74) is 1.07. The topological polar surface area (TPSA) is 41.0 Å². The number of nitrogens with one attached hydrogen (secondary N) is 1. The highest BCUT2D eigenvalue weighted by Crippen LogP contribution is 2.11. The minimum atomic E-state index is 0.664. The van der Waals surface area contributed by atoms with Gasteiger partial charge in [-0.3, -0.25) is 4.90 Å². The summed E-state index contributed by atoms with van der Waals surface area (Å²) in [5.74, 6) is 0. The third-order valence-electron chi connectivity index (χ3n) is 2.97. The molecule has 1 aromatic rings. The van der Waals surface area contributed by atoms with Crippen LogP contribution in [0.1, 0.15) is 25.5 Å². The van der Waals surface area contributed by atoms with Gasteiger partial charge in [0, 0.05) is 31.9 Å². The first kappa shape index (κ1) is 11.5. The highest BCUT2D eigenvalue weighted by atomic mass is 15.2. The molecule has 1 fully saturated rings. The van der Waals surface area contributed by atoms with Gasteiger partial charge < -0.3 is 5.32 Å². The van der Waals surface area contributed by atoms with Crippen molar-refractivity contribution in [3.05, 3.63) is 24.0 Å². The highest BCUT2D eigenvalue weighted by Gasteiger charge is 2.21. The Hall–Kier alpha value is -1.00. The molecule has 0 bridgehead atoms. The van der Waals surface area contributed by atoms with Crippen LogP contribution in [-0.4, -0.2) is 40.8 Å². The van der Waals surface area contributed by atoms with Crippen molar-refractivity contribution in [3.63, 3.8) is 0 Å². The van der Waals surface area contributed by atoms with Crippen molar-refractivity contribution in [2.45, 2.75) is 32.4 Å². The van der Waals surface area contributed by atoms with Gasteiger partial charge in [0.05, 0.1) is 5.69 Å². The second-order valence-electron chi connectivity index (χ2n) is 4.39. The Morgan fingerprint density at radius 3 is 3.25 bits per heavy atom. The van der Waals surface area contributed by atoms with Crippen molar-refractivity contribution in [1.29, 1.82) is 0 Å². The van der Waals surface area contributed by atoms with Crippen LogP contribution in [0.4, 0.5) is 0 Å². The minimum Gasteiger partial charge on any atom is -0.313 e. The van der Waals surface area contributed by atoms with Crippen molar-refractivity contribution in [3.8, 4) is 0 Å². The van der Waals surface area contributed by atoms with Crippen LogP contribution >= 0.6 is 0 Å². The van der Waals surface area contributed by atoms with Crippen LogP contribution in [0.15, 0.2) is 18.3 Å². The maximum absolute atomic E-state index is 4.12. The van der Waals surface area contributed by atoms with E-state index in [0.29, 0.717) is 6.04 Å². The Morgan fingerprint density at radius 1 is 1.56 bits per heavy atom. The molecule has 2 rings (SSSR count). The molecule has 0 saturated carbocycles. The SMILES string of the molecule is CCCNC1CCN(Cc2cccnn2)C1. The molecule has 1 unspecified atom stereocenters.